The molecule has 37 heavy (non-hydrogen) atoms. The highest BCUT2D eigenvalue weighted by Gasteiger charge is 2.52. The lowest BCUT2D eigenvalue weighted by molar-refractivity contribution is -0.289. The van der Waals surface area contributed by atoms with E-state index in [9.17, 15) is 19.5 Å². The van der Waals surface area contributed by atoms with Crippen LogP contribution in [0, 0.1) is 5.92 Å². The van der Waals surface area contributed by atoms with Crippen molar-refractivity contribution >= 4 is 30.5 Å². The van der Waals surface area contributed by atoms with Crippen molar-refractivity contribution in [2.45, 2.75) is 83.8 Å². The number of benzene rings is 1. The molecular formula is C25H35BO11. The molecule has 12 heteroatoms. The van der Waals surface area contributed by atoms with Crippen LogP contribution in [0.25, 0.3) is 0 Å². The van der Waals surface area contributed by atoms with E-state index in [2.05, 4.69) is 0 Å². The van der Waals surface area contributed by atoms with Gasteiger partial charge in [-0.05, 0) is 45.3 Å². The number of methoxy groups -OCH3 is 1. The van der Waals surface area contributed by atoms with Gasteiger partial charge in [-0.2, -0.15) is 0 Å². The summed E-state index contributed by atoms with van der Waals surface area (Å²) in [4.78, 5) is 35.3. The van der Waals surface area contributed by atoms with Gasteiger partial charge in [-0.3, -0.25) is 14.4 Å². The van der Waals surface area contributed by atoms with E-state index in [0.29, 0.717) is 5.75 Å². The van der Waals surface area contributed by atoms with E-state index < -0.39 is 73.2 Å². The van der Waals surface area contributed by atoms with Gasteiger partial charge in [0.15, 0.2) is 12.4 Å². The Hall–Kier alpha value is -2.67. The first-order chi connectivity index (χ1) is 17.2. The van der Waals surface area contributed by atoms with Gasteiger partial charge in [0.25, 0.3) is 0 Å². The van der Waals surface area contributed by atoms with Crippen LogP contribution in [0.4, 0.5) is 0 Å². The average molecular weight is 522 g/mol. The molecule has 2 heterocycles. The SMILES string of the molecule is COC1O[C@@H](COc2cccc(B3OC(C)(C)C(C)(C)O3)c2)C(CC(=O)O)C(OC(C)=O)C1OC(C)=O. The first-order valence-corrected chi connectivity index (χ1v) is 12.1. The third-order valence-corrected chi connectivity index (χ3v) is 6.84. The van der Waals surface area contributed by atoms with Crippen LogP contribution in [-0.4, -0.2) is 79.7 Å². The molecular weight excluding hydrogens is 487 g/mol. The minimum Gasteiger partial charge on any atom is -0.491 e. The van der Waals surface area contributed by atoms with Gasteiger partial charge in [0, 0.05) is 26.9 Å². The molecule has 0 radical (unpaired) electrons. The molecule has 0 saturated carbocycles. The first kappa shape index (κ1) is 28.9. The molecule has 2 fully saturated rings. The molecule has 3 rings (SSSR count). The fourth-order valence-electron chi connectivity index (χ4n) is 4.33. The summed E-state index contributed by atoms with van der Waals surface area (Å²) in [6.07, 6.45) is -4.67. The predicted octanol–water partition coefficient (Wildman–Crippen LogP) is 1.69. The highest BCUT2D eigenvalue weighted by Crippen LogP contribution is 2.37. The Morgan fingerprint density at radius 2 is 1.59 bits per heavy atom. The lowest BCUT2D eigenvalue weighted by Gasteiger charge is -2.44. The number of rotatable bonds is 9. The Labute approximate surface area is 216 Å². The van der Waals surface area contributed by atoms with Gasteiger partial charge in [-0.25, -0.2) is 0 Å². The normalized spacial score (nSPS) is 28.4. The van der Waals surface area contributed by atoms with E-state index in [1.807, 2.05) is 33.8 Å². The molecule has 0 aliphatic carbocycles. The second kappa shape index (κ2) is 11.4. The smallest absolute Gasteiger partial charge is 0.491 e. The molecule has 1 aromatic carbocycles. The topological polar surface area (TPSA) is 136 Å². The number of carbonyl (C=O) groups is 3. The van der Waals surface area contributed by atoms with Gasteiger partial charge >= 0.3 is 25.0 Å². The minimum absolute atomic E-state index is 0.0881. The van der Waals surface area contributed by atoms with Crippen molar-refractivity contribution < 1.29 is 52.5 Å². The van der Waals surface area contributed by atoms with E-state index in [-0.39, 0.29) is 6.61 Å². The maximum Gasteiger partial charge on any atom is 0.494 e. The highest BCUT2D eigenvalue weighted by atomic mass is 16.7. The van der Waals surface area contributed by atoms with Crippen molar-refractivity contribution in [3.8, 4) is 5.75 Å². The molecule has 4 unspecified atom stereocenters. The Bertz CT molecular complexity index is 979. The van der Waals surface area contributed by atoms with Crippen LogP contribution in [0.5, 0.6) is 5.75 Å². The third kappa shape index (κ3) is 6.81. The number of hydrogen-bond donors (Lipinski definition) is 1. The van der Waals surface area contributed by atoms with Crippen molar-refractivity contribution in [3.05, 3.63) is 24.3 Å². The molecule has 204 valence electrons. The Morgan fingerprint density at radius 1 is 1.00 bits per heavy atom. The number of carbonyl (C=O) groups excluding carboxylic acids is 2. The van der Waals surface area contributed by atoms with E-state index in [4.69, 9.17) is 33.0 Å². The van der Waals surface area contributed by atoms with Crippen molar-refractivity contribution in [3.63, 3.8) is 0 Å². The van der Waals surface area contributed by atoms with Crippen LogP contribution in [0.1, 0.15) is 48.0 Å². The van der Waals surface area contributed by atoms with Crippen LogP contribution >= 0.6 is 0 Å². The molecule has 0 amide bonds. The summed E-state index contributed by atoms with van der Waals surface area (Å²) in [6.45, 7) is 10.1. The van der Waals surface area contributed by atoms with Gasteiger partial charge in [-0.15, -0.1) is 0 Å². The summed E-state index contributed by atoms with van der Waals surface area (Å²) >= 11 is 0. The summed E-state index contributed by atoms with van der Waals surface area (Å²) in [5, 5.41) is 9.55. The zero-order valence-electron chi connectivity index (χ0n) is 22.2. The fourth-order valence-corrected chi connectivity index (χ4v) is 4.33. The van der Waals surface area contributed by atoms with E-state index >= 15 is 0 Å². The highest BCUT2D eigenvalue weighted by molar-refractivity contribution is 6.62. The Morgan fingerprint density at radius 3 is 2.14 bits per heavy atom. The van der Waals surface area contributed by atoms with Crippen LogP contribution in [-0.2, 0) is 42.6 Å². The van der Waals surface area contributed by atoms with Crippen LogP contribution in [0.3, 0.4) is 0 Å². The maximum atomic E-state index is 11.9. The van der Waals surface area contributed by atoms with Crippen LogP contribution in [0.2, 0.25) is 0 Å². The predicted molar refractivity (Wildman–Crippen MR) is 130 cm³/mol. The summed E-state index contributed by atoms with van der Waals surface area (Å²) in [5.41, 5.74) is -0.257. The number of carboxylic acids is 1. The largest absolute Gasteiger partial charge is 0.494 e. The van der Waals surface area contributed by atoms with Crippen molar-refractivity contribution in [2.75, 3.05) is 13.7 Å². The zero-order valence-corrected chi connectivity index (χ0v) is 22.2. The van der Waals surface area contributed by atoms with E-state index in [0.717, 1.165) is 5.46 Å². The summed E-state index contributed by atoms with van der Waals surface area (Å²) in [5.74, 6) is -2.87. The minimum atomic E-state index is -1.15. The summed E-state index contributed by atoms with van der Waals surface area (Å²) in [7, 11) is 0.755. The monoisotopic (exact) mass is 522 g/mol. The molecule has 2 aliphatic heterocycles. The van der Waals surface area contributed by atoms with E-state index in [1.54, 1.807) is 18.2 Å². The Balaban J connectivity index is 1.81. The molecule has 0 bridgehead atoms. The second-order valence-electron chi connectivity index (χ2n) is 10.2. The first-order valence-electron chi connectivity index (χ1n) is 12.1. The zero-order chi connectivity index (χ0) is 27.5. The average Bonchev–Trinajstić information content (AvgIpc) is 3.01. The molecule has 0 spiro atoms. The van der Waals surface area contributed by atoms with Crippen LogP contribution < -0.4 is 10.2 Å². The molecule has 1 aromatic rings. The summed E-state index contributed by atoms with van der Waals surface area (Å²) < 4.78 is 40.3. The van der Waals surface area contributed by atoms with Gasteiger partial charge in [0.2, 0.25) is 0 Å². The van der Waals surface area contributed by atoms with Gasteiger partial charge in [-0.1, -0.05) is 12.1 Å². The van der Waals surface area contributed by atoms with E-state index in [1.165, 1.54) is 21.0 Å². The molecule has 1 N–H and O–H groups in total. The number of hydrogen-bond acceptors (Lipinski definition) is 10. The molecule has 2 saturated heterocycles. The molecule has 0 aromatic heterocycles. The fraction of sp³-hybridized carbons (Fsp3) is 0.640. The van der Waals surface area contributed by atoms with Crippen molar-refractivity contribution in [1.29, 1.82) is 0 Å². The molecule has 2 aliphatic rings. The number of aliphatic carboxylic acids is 1. The van der Waals surface area contributed by atoms with Gasteiger partial charge in [0.05, 0.1) is 17.6 Å². The van der Waals surface area contributed by atoms with Gasteiger partial charge in [0.1, 0.15) is 24.6 Å². The molecule has 5 atom stereocenters. The standard InChI is InChI=1S/C25H35BO11/c1-14(27)33-21-18(12-20(29)30)19(35-23(31-7)22(21)34-15(2)28)13-32-17-10-8-9-16(11-17)26-36-24(3,4)25(5,6)37-26/h8-11,18-19,21-23H,12-13H2,1-7H3,(H,29,30)/t18?,19-,21?,22?,23?/m0/s1. The molecule has 11 nitrogen and oxygen atoms in total. The quantitative estimate of drug-likeness (QED) is 0.375. The lowest BCUT2D eigenvalue weighted by atomic mass is 9.79. The van der Waals surface area contributed by atoms with Crippen molar-refractivity contribution in [1.82, 2.24) is 0 Å². The summed E-state index contributed by atoms with van der Waals surface area (Å²) in [6, 6.07) is 7.17. The van der Waals surface area contributed by atoms with Gasteiger partial charge < -0.3 is 38.1 Å². The Kier molecular flexibility index (Phi) is 8.89. The second-order valence-corrected chi connectivity index (χ2v) is 10.2. The number of esters is 2. The van der Waals surface area contributed by atoms with Crippen LogP contribution in [0.15, 0.2) is 24.3 Å². The number of ether oxygens (including phenoxy) is 5. The maximum absolute atomic E-state index is 11.9. The third-order valence-electron chi connectivity index (χ3n) is 6.84. The lowest BCUT2D eigenvalue weighted by Crippen LogP contribution is -2.59. The number of carboxylic acid groups (broad SMARTS) is 1. The van der Waals surface area contributed by atoms with Crippen molar-refractivity contribution in [2.24, 2.45) is 5.92 Å².